The molecule has 1 saturated carbocycles. The molecule has 108 valence electrons. The van der Waals surface area contributed by atoms with Crippen LogP contribution in [0.3, 0.4) is 0 Å². The van der Waals surface area contributed by atoms with Crippen molar-refractivity contribution in [2.45, 2.75) is 43.9 Å². The number of halogens is 1. The molecule has 1 aromatic carbocycles. The third kappa shape index (κ3) is 3.17. The lowest BCUT2D eigenvalue weighted by atomic mass is 9.89. The van der Waals surface area contributed by atoms with Crippen molar-refractivity contribution in [3.8, 4) is 0 Å². The Labute approximate surface area is 125 Å². The van der Waals surface area contributed by atoms with E-state index in [4.69, 9.17) is 11.6 Å². The first-order chi connectivity index (χ1) is 9.72. The summed E-state index contributed by atoms with van der Waals surface area (Å²) in [6.07, 6.45) is 6.29. The molecule has 0 heterocycles. The van der Waals surface area contributed by atoms with Gasteiger partial charge in [-0.3, -0.25) is 4.79 Å². The molecule has 2 aliphatic rings. The highest BCUT2D eigenvalue weighted by molar-refractivity contribution is 6.20. The quantitative estimate of drug-likeness (QED) is 0.851. The van der Waals surface area contributed by atoms with Crippen molar-refractivity contribution in [1.82, 2.24) is 5.32 Å². The number of fused-ring (bicyclic) bond motifs is 1. The van der Waals surface area contributed by atoms with Crippen LogP contribution in [0.25, 0.3) is 0 Å². The van der Waals surface area contributed by atoms with Crippen molar-refractivity contribution in [1.29, 1.82) is 0 Å². The summed E-state index contributed by atoms with van der Waals surface area (Å²) < 4.78 is 0. The minimum absolute atomic E-state index is 0.136. The van der Waals surface area contributed by atoms with E-state index in [-0.39, 0.29) is 11.8 Å². The van der Waals surface area contributed by atoms with Crippen LogP contribution in [0.15, 0.2) is 24.3 Å². The van der Waals surface area contributed by atoms with Gasteiger partial charge >= 0.3 is 0 Å². The lowest BCUT2D eigenvalue weighted by Gasteiger charge is -2.25. The maximum absolute atomic E-state index is 12.3. The maximum atomic E-state index is 12.3. The van der Waals surface area contributed by atoms with Gasteiger partial charge in [0, 0.05) is 17.8 Å². The molecule has 0 saturated heterocycles. The molecule has 20 heavy (non-hydrogen) atoms. The van der Waals surface area contributed by atoms with Gasteiger partial charge in [0.15, 0.2) is 0 Å². The van der Waals surface area contributed by atoms with Gasteiger partial charge in [-0.05, 0) is 55.6 Å². The molecule has 1 aromatic rings. The number of alkyl halides is 1. The first-order valence-electron chi connectivity index (χ1n) is 7.71. The molecular formula is C17H22ClNO. The fourth-order valence-electron chi connectivity index (χ4n) is 3.46. The summed E-state index contributed by atoms with van der Waals surface area (Å²) in [6.45, 7) is 0.829. The van der Waals surface area contributed by atoms with E-state index in [9.17, 15) is 4.79 Å². The summed E-state index contributed by atoms with van der Waals surface area (Å²) in [4.78, 5) is 12.3. The zero-order valence-electron chi connectivity index (χ0n) is 11.8. The van der Waals surface area contributed by atoms with Crippen molar-refractivity contribution in [2.24, 2.45) is 11.8 Å². The van der Waals surface area contributed by atoms with Gasteiger partial charge in [-0.15, -0.1) is 11.6 Å². The van der Waals surface area contributed by atoms with Gasteiger partial charge in [0.2, 0.25) is 5.91 Å². The Kier molecular flexibility index (Phi) is 4.30. The minimum atomic E-state index is 0.136. The molecule has 0 bridgehead atoms. The minimum Gasteiger partial charge on any atom is -0.356 e. The summed E-state index contributed by atoms with van der Waals surface area (Å²) in [5, 5.41) is 3.52. The lowest BCUT2D eigenvalue weighted by molar-refractivity contribution is -0.124. The van der Waals surface area contributed by atoms with E-state index >= 15 is 0 Å². The fourth-order valence-corrected chi connectivity index (χ4v) is 3.71. The third-order valence-electron chi connectivity index (χ3n) is 4.76. The molecule has 2 nitrogen and oxygen atoms in total. The second kappa shape index (κ2) is 6.17. The van der Waals surface area contributed by atoms with Crippen LogP contribution in [0.2, 0.25) is 0 Å². The first-order valence-corrected chi connectivity index (χ1v) is 8.14. The largest absolute Gasteiger partial charge is 0.356 e. The van der Waals surface area contributed by atoms with Gasteiger partial charge < -0.3 is 5.32 Å². The molecule has 0 spiro atoms. The zero-order chi connectivity index (χ0) is 13.9. The Balaban J connectivity index is 1.47. The summed E-state index contributed by atoms with van der Waals surface area (Å²) in [5.41, 5.74) is 2.69. The average Bonchev–Trinajstić information content (AvgIpc) is 2.90. The van der Waals surface area contributed by atoms with Crippen molar-refractivity contribution in [3.63, 3.8) is 0 Å². The Morgan fingerprint density at radius 1 is 1.10 bits per heavy atom. The van der Waals surface area contributed by atoms with Gasteiger partial charge in [0.05, 0.1) is 0 Å². The number of amides is 1. The van der Waals surface area contributed by atoms with Gasteiger partial charge in [0.1, 0.15) is 0 Å². The van der Waals surface area contributed by atoms with E-state index in [1.165, 1.54) is 11.1 Å². The number of hydrogen-bond donors (Lipinski definition) is 1. The maximum Gasteiger partial charge on any atom is 0.223 e. The Morgan fingerprint density at radius 2 is 1.70 bits per heavy atom. The van der Waals surface area contributed by atoms with Gasteiger partial charge in [-0.2, -0.15) is 0 Å². The molecule has 0 aliphatic heterocycles. The van der Waals surface area contributed by atoms with E-state index in [2.05, 4.69) is 29.6 Å². The molecule has 2 aliphatic carbocycles. The van der Waals surface area contributed by atoms with Crippen LogP contribution < -0.4 is 5.32 Å². The highest BCUT2D eigenvalue weighted by Gasteiger charge is 2.27. The van der Waals surface area contributed by atoms with E-state index in [0.717, 1.165) is 45.1 Å². The Morgan fingerprint density at radius 3 is 2.30 bits per heavy atom. The predicted molar refractivity (Wildman–Crippen MR) is 81.9 cm³/mol. The number of nitrogens with one attached hydrogen (secondary N) is 1. The van der Waals surface area contributed by atoms with Crippen molar-refractivity contribution in [3.05, 3.63) is 35.4 Å². The molecule has 0 radical (unpaired) electrons. The van der Waals surface area contributed by atoms with Crippen LogP contribution >= 0.6 is 11.6 Å². The van der Waals surface area contributed by atoms with E-state index in [1.54, 1.807) is 0 Å². The Bertz CT molecular complexity index is 455. The summed E-state index contributed by atoms with van der Waals surface area (Å²) >= 11 is 6.11. The number of carbonyl (C=O) groups is 1. The molecule has 0 atom stereocenters. The normalized spacial score (nSPS) is 26.2. The number of carbonyl (C=O) groups excluding carboxylic acids is 1. The SMILES string of the molecule is O=C(NCC1CCC(Cl)CC1)C1Cc2ccccc2C1. The predicted octanol–water partition coefficient (Wildman–Crippen LogP) is 3.32. The van der Waals surface area contributed by atoms with E-state index < -0.39 is 0 Å². The summed E-state index contributed by atoms with van der Waals surface area (Å²) in [5.74, 6) is 0.990. The number of rotatable bonds is 3. The number of hydrogen-bond acceptors (Lipinski definition) is 1. The van der Waals surface area contributed by atoms with Crippen LogP contribution in [-0.4, -0.2) is 17.8 Å². The number of benzene rings is 1. The Hall–Kier alpha value is -1.02. The highest BCUT2D eigenvalue weighted by Crippen LogP contribution is 2.28. The first kappa shape index (κ1) is 13.9. The summed E-state index contributed by atoms with van der Waals surface area (Å²) in [7, 11) is 0. The standard InChI is InChI=1S/C17H22ClNO/c18-16-7-5-12(6-8-16)11-19-17(20)15-9-13-3-1-2-4-14(13)10-15/h1-4,12,15-16H,5-11H2,(H,19,20). The molecule has 0 unspecified atom stereocenters. The van der Waals surface area contributed by atoms with Gasteiger partial charge in [-0.25, -0.2) is 0 Å². The fraction of sp³-hybridized carbons (Fsp3) is 0.588. The molecule has 1 fully saturated rings. The zero-order valence-corrected chi connectivity index (χ0v) is 12.5. The molecule has 3 rings (SSSR count). The van der Waals surface area contributed by atoms with Crippen LogP contribution in [0, 0.1) is 11.8 Å². The molecule has 3 heteroatoms. The molecular weight excluding hydrogens is 270 g/mol. The monoisotopic (exact) mass is 291 g/mol. The van der Waals surface area contributed by atoms with Crippen molar-refractivity contribution >= 4 is 17.5 Å². The molecule has 1 amide bonds. The summed E-state index contributed by atoms with van der Waals surface area (Å²) in [6, 6.07) is 8.40. The van der Waals surface area contributed by atoms with Crippen LogP contribution in [0.5, 0.6) is 0 Å². The highest BCUT2D eigenvalue weighted by atomic mass is 35.5. The lowest BCUT2D eigenvalue weighted by Crippen LogP contribution is -2.36. The smallest absolute Gasteiger partial charge is 0.223 e. The van der Waals surface area contributed by atoms with Crippen LogP contribution in [-0.2, 0) is 17.6 Å². The van der Waals surface area contributed by atoms with Gasteiger partial charge in [-0.1, -0.05) is 24.3 Å². The van der Waals surface area contributed by atoms with Crippen LogP contribution in [0.1, 0.15) is 36.8 Å². The average molecular weight is 292 g/mol. The van der Waals surface area contributed by atoms with Crippen molar-refractivity contribution < 1.29 is 4.79 Å². The second-order valence-electron chi connectivity index (χ2n) is 6.24. The second-order valence-corrected chi connectivity index (χ2v) is 6.85. The molecule has 1 N–H and O–H groups in total. The molecule has 0 aromatic heterocycles. The van der Waals surface area contributed by atoms with Gasteiger partial charge in [0.25, 0.3) is 0 Å². The van der Waals surface area contributed by atoms with E-state index in [0.29, 0.717) is 11.3 Å². The third-order valence-corrected chi connectivity index (χ3v) is 5.20. The topological polar surface area (TPSA) is 29.1 Å². The van der Waals surface area contributed by atoms with Crippen molar-refractivity contribution in [2.75, 3.05) is 6.54 Å². The van der Waals surface area contributed by atoms with Crippen LogP contribution in [0.4, 0.5) is 0 Å². The van der Waals surface area contributed by atoms with E-state index in [1.807, 2.05) is 0 Å².